The minimum absolute atomic E-state index is 0.356. The monoisotopic (exact) mass is 419 g/mol. The molecule has 1 atom stereocenters. The van der Waals surface area contributed by atoms with Crippen molar-refractivity contribution in [2.24, 2.45) is 0 Å². The van der Waals surface area contributed by atoms with Crippen molar-refractivity contribution in [3.63, 3.8) is 0 Å². The first-order valence-corrected chi connectivity index (χ1v) is 9.65. The quantitative estimate of drug-likeness (QED) is 0.619. The summed E-state index contributed by atoms with van der Waals surface area (Å²) in [6, 6.07) is 13.0. The predicted octanol–water partition coefficient (Wildman–Crippen LogP) is 4.87. The van der Waals surface area contributed by atoms with E-state index >= 15 is 0 Å². The smallest absolute Gasteiger partial charge is 0.251 e. The summed E-state index contributed by atoms with van der Waals surface area (Å²) in [7, 11) is 0. The van der Waals surface area contributed by atoms with Crippen LogP contribution in [0.15, 0.2) is 53.9 Å². The van der Waals surface area contributed by atoms with Gasteiger partial charge in [-0.05, 0) is 37.3 Å². The van der Waals surface area contributed by atoms with E-state index in [0.717, 1.165) is 5.56 Å². The second-order valence-electron chi connectivity index (χ2n) is 5.71. The van der Waals surface area contributed by atoms with Crippen LogP contribution in [-0.2, 0) is 4.79 Å². The molecule has 0 aliphatic heterocycles. The third-order valence-corrected chi connectivity index (χ3v) is 5.07. The second kappa shape index (κ2) is 8.52. The van der Waals surface area contributed by atoms with Gasteiger partial charge >= 0.3 is 0 Å². The summed E-state index contributed by atoms with van der Waals surface area (Å²) in [6.45, 7) is 1.60. The number of nitrogens with zero attached hydrogens (tertiary/aromatic N) is 1. The highest BCUT2D eigenvalue weighted by atomic mass is 35.5. The Morgan fingerprint density at radius 2 is 1.78 bits per heavy atom. The molecule has 3 rings (SSSR count). The van der Waals surface area contributed by atoms with Crippen molar-refractivity contribution in [3.8, 4) is 11.3 Å². The lowest BCUT2D eigenvalue weighted by Crippen LogP contribution is -2.41. The molecule has 2 N–H and O–H groups in total. The van der Waals surface area contributed by atoms with Gasteiger partial charge < -0.3 is 10.6 Å². The Kier molecular flexibility index (Phi) is 6.11. The molecule has 2 amide bonds. The van der Waals surface area contributed by atoms with Gasteiger partial charge in [-0.2, -0.15) is 0 Å². The van der Waals surface area contributed by atoms with Crippen LogP contribution in [0.5, 0.6) is 0 Å². The highest BCUT2D eigenvalue weighted by Gasteiger charge is 2.18. The molecule has 1 aromatic heterocycles. The molecule has 5 nitrogen and oxygen atoms in total. The molecule has 2 aromatic carbocycles. The van der Waals surface area contributed by atoms with Crippen molar-refractivity contribution in [1.29, 1.82) is 0 Å². The van der Waals surface area contributed by atoms with Gasteiger partial charge in [0.25, 0.3) is 5.91 Å². The molecular formula is C19H15Cl2N3O2S. The van der Waals surface area contributed by atoms with Gasteiger partial charge in [0.05, 0.1) is 5.69 Å². The van der Waals surface area contributed by atoms with Crippen molar-refractivity contribution in [2.75, 3.05) is 5.32 Å². The molecule has 0 aliphatic carbocycles. The van der Waals surface area contributed by atoms with E-state index in [1.165, 1.54) is 11.3 Å². The average Bonchev–Trinajstić information content (AvgIpc) is 3.10. The molecule has 0 aliphatic rings. The minimum Gasteiger partial charge on any atom is -0.341 e. The lowest BCUT2D eigenvalue weighted by Gasteiger charge is -2.13. The first kappa shape index (κ1) is 19.4. The van der Waals surface area contributed by atoms with Gasteiger partial charge in [-0.25, -0.2) is 4.98 Å². The van der Waals surface area contributed by atoms with Crippen LogP contribution in [0.2, 0.25) is 10.0 Å². The van der Waals surface area contributed by atoms with E-state index in [1.54, 1.807) is 37.3 Å². The van der Waals surface area contributed by atoms with Gasteiger partial charge in [0.15, 0.2) is 5.13 Å². The van der Waals surface area contributed by atoms with Gasteiger partial charge in [-0.3, -0.25) is 9.59 Å². The number of rotatable bonds is 5. The molecule has 8 heteroatoms. The van der Waals surface area contributed by atoms with Crippen molar-refractivity contribution in [2.45, 2.75) is 13.0 Å². The topological polar surface area (TPSA) is 71.1 Å². The molecule has 0 saturated carbocycles. The van der Waals surface area contributed by atoms with Crippen LogP contribution in [0.3, 0.4) is 0 Å². The molecule has 27 heavy (non-hydrogen) atoms. The Morgan fingerprint density at radius 1 is 1.07 bits per heavy atom. The lowest BCUT2D eigenvalue weighted by atomic mass is 10.2. The summed E-state index contributed by atoms with van der Waals surface area (Å²) in [5.41, 5.74) is 1.90. The van der Waals surface area contributed by atoms with Crippen LogP contribution >= 0.6 is 34.5 Å². The van der Waals surface area contributed by atoms with Gasteiger partial charge in [-0.15, -0.1) is 11.3 Å². The van der Waals surface area contributed by atoms with E-state index in [9.17, 15) is 9.59 Å². The molecule has 1 unspecified atom stereocenters. The molecular weight excluding hydrogens is 405 g/mol. The Hall–Kier alpha value is -2.41. The average molecular weight is 420 g/mol. The summed E-state index contributed by atoms with van der Waals surface area (Å²) in [5, 5.41) is 8.72. The molecule has 138 valence electrons. The van der Waals surface area contributed by atoms with E-state index in [-0.39, 0.29) is 11.8 Å². The maximum absolute atomic E-state index is 12.3. The number of thiazole rings is 1. The Morgan fingerprint density at radius 3 is 2.48 bits per heavy atom. The number of anilines is 1. The molecule has 3 aromatic rings. The third kappa shape index (κ3) is 4.86. The molecule has 0 spiro atoms. The number of hydrogen-bond donors (Lipinski definition) is 2. The zero-order valence-electron chi connectivity index (χ0n) is 14.2. The number of nitrogens with one attached hydrogen (secondary N) is 2. The normalized spacial score (nSPS) is 11.7. The summed E-state index contributed by atoms with van der Waals surface area (Å²) >= 11 is 13.3. The van der Waals surface area contributed by atoms with Crippen molar-refractivity contribution >= 4 is 51.5 Å². The van der Waals surface area contributed by atoms with Gasteiger partial charge in [-0.1, -0.05) is 41.4 Å². The molecule has 0 bridgehead atoms. The fourth-order valence-electron chi connectivity index (χ4n) is 2.28. The molecule has 0 fully saturated rings. The van der Waals surface area contributed by atoms with E-state index < -0.39 is 6.04 Å². The highest BCUT2D eigenvalue weighted by molar-refractivity contribution is 7.14. The Balaban J connectivity index is 1.62. The van der Waals surface area contributed by atoms with Crippen molar-refractivity contribution in [3.05, 3.63) is 69.5 Å². The standard InChI is InChI=1S/C19H15Cl2N3O2S/c1-11(22-18(26)12-6-8-13(20)9-7-12)17(25)24-19-23-16(10-27-19)14-4-2-3-5-15(14)21/h2-11H,1H3,(H,22,26)(H,23,24,25). The number of aromatic nitrogens is 1. The summed E-state index contributed by atoms with van der Waals surface area (Å²) < 4.78 is 0. The van der Waals surface area contributed by atoms with Crippen LogP contribution in [0.25, 0.3) is 11.3 Å². The maximum atomic E-state index is 12.3. The molecule has 0 radical (unpaired) electrons. The van der Waals surface area contributed by atoms with Gasteiger partial charge in [0, 0.05) is 26.6 Å². The zero-order valence-corrected chi connectivity index (χ0v) is 16.5. The zero-order chi connectivity index (χ0) is 19.4. The lowest BCUT2D eigenvalue weighted by molar-refractivity contribution is -0.117. The highest BCUT2D eigenvalue weighted by Crippen LogP contribution is 2.30. The largest absolute Gasteiger partial charge is 0.341 e. The fraction of sp³-hybridized carbons (Fsp3) is 0.105. The maximum Gasteiger partial charge on any atom is 0.251 e. The summed E-state index contributed by atoms with van der Waals surface area (Å²) in [4.78, 5) is 28.9. The summed E-state index contributed by atoms with van der Waals surface area (Å²) in [6.07, 6.45) is 0. The first-order valence-electron chi connectivity index (χ1n) is 8.02. The SMILES string of the molecule is CC(NC(=O)c1ccc(Cl)cc1)C(=O)Nc1nc(-c2ccccc2Cl)cs1. The molecule has 1 heterocycles. The van der Waals surface area contributed by atoms with Crippen LogP contribution in [0.4, 0.5) is 5.13 Å². The van der Waals surface area contributed by atoms with Crippen LogP contribution in [-0.4, -0.2) is 22.8 Å². The van der Waals surface area contributed by atoms with Crippen molar-refractivity contribution < 1.29 is 9.59 Å². The fourth-order valence-corrected chi connectivity index (χ4v) is 3.36. The van der Waals surface area contributed by atoms with E-state index in [1.807, 2.05) is 23.6 Å². The number of carbonyl (C=O) groups is 2. The van der Waals surface area contributed by atoms with E-state index in [0.29, 0.717) is 26.4 Å². The summed E-state index contributed by atoms with van der Waals surface area (Å²) in [5.74, 6) is -0.720. The van der Waals surface area contributed by atoms with Crippen LogP contribution in [0.1, 0.15) is 17.3 Å². The van der Waals surface area contributed by atoms with E-state index in [2.05, 4.69) is 15.6 Å². The van der Waals surface area contributed by atoms with Crippen LogP contribution < -0.4 is 10.6 Å². The number of halogens is 2. The Labute approximate surface area is 170 Å². The van der Waals surface area contributed by atoms with Gasteiger partial charge in [0.1, 0.15) is 6.04 Å². The predicted molar refractivity (Wildman–Crippen MR) is 110 cm³/mol. The van der Waals surface area contributed by atoms with Crippen LogP contribution in [0, 0.1) is 0 Å². The third-order valence-electron chi connectivity index (χ3n) is 3.73. The second-order valence-corrected chi connectivity index (χ2v) is 7.41. The minimum atomic E-state index is -0.735. The van der Waals surface area contributed by atoms with E-state index in [4.69, 9.17) is 23.2 Å². The molecule has 0 saturated heterocycles. The number of carbonyl (C=O) groups excluding carboxylic acids is 2. The number of benzene rings is 2. The number of amides is 2. The van der Waals surface area contributed by atoms with Gasteiger partial charge in [0.2, 0.25) is 5.91 Å². The Bertz CT molecular complexity index is 973. The van der Waals surface area contributed by atoms with Crippen molar-refractivity contribution in [1.82, 2.24) is 10.3 Å². The first-order chi connectivity index (χ1) is 12.9. The number of hydrogen-bond acceptors (Lipinski definition) is 4.